The van der Waals surface area contributed by atoms with Gasteiger partial charge in [0.15, 0.2) is 0 Å². The lowest BCUT2D eigenvalue weighted by atomic mass is 9.65. The van der Waals surface area contributed by atoms with Gasteiger partial charge >= 0.3 is 0 Å². The minimum Gasteiger partial charge on any atom is -0.335 e. The number of hydrogen-bond donors (Lipinski definition) is 1. The van der Waals surface area contributed by atoms with E-state index in [1.165, 1.54) is 29.0 Å². The molecule has 1 amide bonds. The summed E-state index contributed by atoms with van der Waals surface area (Å²) in [5.41, 5.74) is 6.40. The maximum absolute atomic E-state index is 13.2. The monoisotopic (exact) mass is 368 g/mol. The molecule has 0 radical (unpaired) electrons. The number of amides is 1. The zero-order chi connectivity index (χ0) is 16.0. The van der Waals surface area contributed by atoms with Crippen LogP contribution in [-0.4, -0.2) is 23.4 Å². The molecular weight excluding hydrogens is 340 g/mol. The van der Waals surface area contributed by atoms with Crippen molar-refractivity contribution >= 4 is 29.7 Å². The number of carbonyl (C=O) groups is 1. The summed E-state index contributed by atoms with van der Waals surface area (Å²) in [5, 5.41) is 0. The van der Waals surface area contributed by atoms with Gasteiger partial charge in [-0.3, -0.25) is 4.79 Å². The lowest BCUT2D eigenvalue weighted by Crippen LogP contribution is -2.49. The fraction of sp³-hybridized carbons (Fsp3) is 0.737. The third-order valence-corrected chi connectivity index (χ3v) is 7.49. The number of nitrogens with two attached hydrogens (primary N) is 1. The summed E-state index contributed by atoms with van der Waals surface area (Å²) in [5.74, 6) is 1.82. The molecule has 5 heteroatoms. The van der Waals surface area contributed by atoms with E-state index in [0.29, 0.717) is 29.8 Å². The van der Waals surface area contributed by atoms with Gasteiger partial charge in [-0.2, -0.15) is 0 Å². The van der Waals surface area contributed by atoms with E-state index in [4.69, 9.17) is 5.73 Å². The van der Waals surface area contributed by atoms with Crippen molar-refractivity contribution in [3.63, 3.8) is 0 Å². The summed E-state index contributed by atoms with van der Waals surface area (Å²) in [7, 11) is 0. The molecule has 1 aliphatic heterocycles. The zero-order valence-electron chi connectivity index (χ0n) is 14.4. The standard InChI is InChI=1S/C19H28N2OS.ClH/c1-12-7-8-17(23-12)16-6-3-9-21(16)19(22)15-10-13-4-2-5-14(11-15)18(13)20;/h7-8,13-16,18H,2-6,9-11,20H2,1H3;1H. The van der Waals surface area contributed by atoms with Gasteiger partial charge in [0, 0.05) is 28.3 Å². The molecule has 24 heavy (non-hydrogen) atoms. The quantitative estimate of drug-likeness (QED) is 0.846. The topological polar surface area (TPSA) is 46.3 Å². The van der Waals surface area contributed by atoms with Gasteiger partial charge in [0.05, 0.1) is 6.04 Å². The Morgan fingerprint density at radius 3 is 2.50 bits per heavy atom. The predicted molar refractivity (Wildman–Crippen MR) is 102 cm³/mol. The van der Waals surface area contributed by atoms with E-state index in [1.807, 2.05) is 11.3 Å². The second-order valence-electron chi connectivity index (χ2n) is 7.83. The molecule has 2 N–H and O–H groups in total. The smallest absolute Gasteiger partial charge is 0.226 e. The van der Waals surface area contributed by atoms with E-state index < -0.39 is 0 Å². The van der Waals surface area contributed by atoms with Crippen molar-refractivity contribution in [2.45, 2.75) is 64.0 Å². The Labute approximate surface area is 155 Å². The van der Waals surface area contributed by atoms with Gasteiger partial charge in [-0.05, 0) is 69.4 Å². The highest BCUT2D eigenvalue weighted by molar-refractivity contribution is 7.12. The highest BCUT2D eigenvalue weighted by Crippen LogP contribution is 2.44. The Hall–Kier alpha value is -0.580. The molecule has 2 aliphatic carbocycles. The van der Waals surface area contributed by atoms with Gasteiger partial charge in [-0.25, -0.2) is 0 Å². The normalized spacial score (nSPS) is 35.6. The number of nitrogens with zero attached hydrogens (tertiary/aromatic N) is 1. The molecular formula is C19H29ClN2OS. The largest absolute Gasteiger partial charge is 0.335 e. The van der Waals surface area contributed by atoms with Crippen molar-refractivity contribution in [1.29, 1.82) is 0 Å². The first kappa shape index (κ1) is 18.2. The van der Waals surface area contributed by atoms with Gasteiger partial charge in [0.1, 0.15) is 0 Å². The van der Waals surface area contributed by atoms with Crippen LogP contribution in [0.2, 0.25) is 0 Å². The van der Waals surface area contributed by atoms with Gasteiger partial charge in [-0.1, -0.05) is 6.42 Å². The second kappa shape index (κ2) is 7.35. The number of thiophene rings is 1. The average molecular weight is 369 g/mol. The van der Waals surface area contributed by atoms with Crippen LogP contribution in [0.4, 0.5) is 0 Å². The van der Waals surface area contributed by atoms with Crippen LogP contribution in [0.25, 0.3) is 0 Å². The third kappa shape index (κ3) is 3.25. The molecule has 0 aromatic carbocycles. The molecule has 4 rings (SSSR count). The van der Waals surface area contributed by atoms with E-state index in [2.05, 4.69) is 24.0 Å². The lowest BCUT2D eigenvalue weighted by Gasteiger charge is -2.44. The molecule has 2 heterocycles. The fourth-order valence-electron chi connectivity index (χ4n) is 5.18. The maximum Gasteiger partial charge on any atom is 0.226 e. The Morgan fingerprint density at radius 2 is 1.88 bits per heavy atom. The molecule has 1 aromatic rings. The van der Waals surface area contributed by atoms with Crippen molar-refractivity contribution in [2.24, 2.45) is 23.5 Å². The van der Waals surface area contributed by atoms with E-state index in [9.17, 15) is 4.79 Å². The summed E-state index contributed by atoms with van der Waals surface area (Å²) in [4.78, 5) is 18.1. The highest BCUT2D eigenvalue weighted by Gasteiger charge is 2.43. The van der Waals surface area contributed by atoms with Crippen LogP contribution in [0, 0.1) is 24.7 Å². The molecule has 3 atom stereocenters. The first-order valence-corrected chi connectivity index (χ1v) is 10.1. The zero-order valence-corrected chi connectivity index (χ0v) is 16.1. The molecule has 134 valence electrons. The number of likely N-dealkylation sites (tertiary alicyclic amines) is 1. The molecule has 3 fully saturated rings. The Kier molecular flexibility index (Phi) is 5.58. The summed E-state index contributed by atoms with van der Waals surface area (Å²) in [6.45, 7) is 3.09. The summed E-state index contributed by atoms with van der Waals surface area (Å²) < 4.78 is 0. The van der Waals surface area contributed by atoms with Gasteiger partial charge in [0.25, 0.3) is 0 Å². The maximum atomic E-state index is 13.2. The minimum absolute atomic E-state index is 0. The van der Waals surface area contributed by atoms with Crippen LogP contribution in [-0.2, 0) is 4.79 Å². The van der Waals surface area contributed by atoms with Gasteiger partial charge in [0.2, 0.25) is 5.91 Å². The van der Waals surface area contributed by atoms with Crippen LogP contribution in [0.5, 0.6) is 0 Å². The predicted octanol–water partition coefficient (Wildman–Crippen LogP) is 4.30. The van der Waals surface area contributed by atoms with Crippen LogP contribution >= 0.6 is 23.7 Å². The second-order valence-corrected chi connectivity index (χ2v) is 9.15. The molecule has 0 spiro atoms. The van der Waals surface area contributed by atoms with Crippen molar-refractivity contribution in [1.82, 2.24) is 4.90 Å². The minimum atomic E-state index is 0. The van der Waals surface area contributed by atoms with Crippen LogP contribution in [0.3, 0.4) is 0 Å². The van der Waals surface area contributed by atoms with E-state index in [1.54, 1.807) is 0 Å². The number of fused-ring (bicyclic) bond motifs is 2. The average Bonchev–Trinajstić information content (AvgIpc) is 3.14. The van der Waals surface area contributed by atoms with Crippen molar-refractivity contribution in [2.75, 3.05) is 6.54 Å². The highest BCUT2D eigenvalue weighted by atomic mass is 35.5. The van der Waals surface area contributed by atoms with Crippen molar-refractivity contribution in [3.8, 4) is 0 Å². The molecule has 3 aliphatic rings. The first-order valence-electron chi connectivity index (χ1n) is 9.26. The Morgan fingerprint density at radius 1 is 1.17 bits per heavy atom. The number of aryl methyl sites for hydroxylation is 1. The van der Waals surface area contributed by atoms with Crippen LogP contribution in [0.15, 0.2) is 12.1 Å². The number of rotatable bonds is 2. The lowest BCUT2D eigenvalue weighted by molar-refractivity contribution is -0.139. The Balaban J connectivity index is 0.00000169. The van der Waals surface area contributed by atoms with Gasteiger partial charge in [-0.15, -0.1) is 23.7 Å². The number of carbonyl (C=O) groups excluding carboxylic acids is 1. The van der Waals surface area contributed by atoms with Crippen LogP contribution < -0.4 is 5.73 Å². The summed E-state index contributed by atoms with van der Waals surface area (Å²) in [6, 6.07) is 5.09. The SMILES string of the molecule is Cc1ccc(C2CCCN2C(=O)C2CC3CCCC(C2)C3N)s1.Cl. The summed E-state index contributed by atoms with van der Waals surface area (Å²) in [6.07, 6.45) is 8.11. The molecule has 3 nitrogen and oxygen atoms in total. The third-order valence-electron chi connectivity index (χ3n) is 6.39. The van der Waals surface area contributed by atoms with Crippen molar-refractivity contribution in [3.05, 3.63) is 21.9 Å². The molecule has 2 bridgehead atoms. The molecule has 1 saturated heterocycles. The van der Waals surface area contributed by atoms with Crippen LogP contribution in [0.1, 0.15) is 60.7 Å². The van der Waals surface area contributed by atoms with Crippen molar-refractivity contribution < 1.29 is 4.79 Å². The Bertz CT molecular complexity index is 576. The molecule has 3 unspecified atom stereocenters. The van der Waals surface area contributed by atoms with E-state index in [-0.39, 0.29) is 18.3 Å². The van der Waals surface area contributed by atoms with Gasteiger partial charge < -0.3 is 10.6 Å². The molecule has 2 saturated carbocycles. The fourth-order valence-corrected chi connectivity index (χ4v) is 6.21. The van der Waals surface area contributed by atoms with E-state index >= 15 is 0 Å². The first-order chi connectivity index (χ1) is 11.1. The summed E-state index contributed by atoms with van der Waals surface area (Å²) >= 11 is 1.86. The number of hydrogen-bond acceptors (Lipinski definition) is 3. The number of halogens is 1. The van der Waals surface area contributed by atoms with E-state index in [0.717, 1.165) is 32.2 Å². The molecule has 1 aromatic heterocycles.